The topological polar surface area (TPSA) is 70.1 Å². The van der Waals surface area contributed by atoms with Crippen LogP contribution in [0.5, 0.6) is 0 Å². The monoisotopic (exact) mass is 285 g/mol. The van der Waals surface area contributed by atoms with E-state index < -0.39 is 0 Å². The molecule has 96 valence electrons. The number of rotatable bonds is 3. The van der Waals surface area contributed by atoms with E-state index in [2.05, 4.69) is 6.07 Å². The number of hydrogen-bond donors (Lipinski definition) is 1. The largest absolute Gasteiger partial charge is 0.396 e. The summed E-state index contributed by atoms with van der Waals surface area (Å²) in [5.41, 5.74) is 6.20. The summed E-state index contributed by atoms with van der Waals surface area (Å²) in [5, 5.41) is 9.20. The highest BCUT2D eigenvalue weighted by Crippen LogP contribution is 2.29. The van der Waals surface area contributed by atoms with Crippen LogP contribution in [-0.2, 0) is 0 Å². The Morgan fingerprint density at radius 2 is 2.00 bits per heavy atom. The molecule has 1 aromatic carbocycles. The molecule has 0 aliphatic rings. The number of anilines is 1. The number of carbonyl (C=O) groups is 1. The minimum Gasteiger partial charge on any atom is -0.396 e. The lowest BCUT2D eigenvalue weighted by Gasteiger charge is -2.18. The zero-order chi connectivity index (χ0) is 13.9. The van der Waals surface area contributed by atoms with E-state index in [0.717, 1.165) is 0 Å². The van der Waals surface area contributed by atoms with E-state index in [1.165, 1.54) is 17.0 Å². The van der Waals surface area contributed by atoms with Crippen molar-refractivity contribution in [1.82, 2.24) is 4.90 Å². The van der Waals surface area contributed by atoms with Crippen molar-refractivity contribution in [1.29, 1.82) is 5.26 Å². The van der Waals surface area contributed by atoms with Gasteiger partial charge in [0.1, 0.15) is 0 Å². The molecule has 1 atom stereocenters. The number of benzene rings is 1. The van der Waals surface area contributed by atoms with E-state index in [1.807, 2.05) is 0 Å². The van der Waals surface area contributed by atoms with Crippen LogP contribution in [0, 0.1) is 17.2 Å². The summed E-state index contributed by atoms with van der Waals surface area (Å²) in [6.07, 6.45) is 0. The molecule has 1 aromatic rings. The lowest BCUT2D eigenvalue weighted by Crippen LogP contribution is -2.30. The smallest absolute Gasteiger partial charge is 0.253 e. The van der Waals surface area contributed by atoms with E-state index in [9.17, 15) is 4.79 Å². The summed E-state index contributed by atoms with van der Waals surface area (Å²) < 4.78 is 0. The van der Waals surface area contributed by atoms with Crippen LogP contribution in [0.3, 0.4) is 0 Å². The van der Waals surface area contributed by atoms with E-state index >= 15 is 0 Å². The summed E-state index contributed by atoms with van der Waals surface area (Å²) in [7, 11) is 1.62. The number of halogens is 2. The maximum Gasteiger partial charge on any atom is 0.253 e. The number of nitriles is 1. The Bertz CT molecular complexity index is 488. The van der Waals surface area contributed by atoms with Gasteiger partial charge in [0.05, 0.1) is 27.7 Å². The number of nitrogen functional groups attached to an aromatic ring is 1. The molecule has 0 bridgehead atoms. The number of hydrogen-bond acceptors (Lipinski definition) is 3. The fourth-order valence-corrected chi connectivity index (χ4v) is 1.95. The van der Waals surface area contributed by atoms with Crippen molar-refractivity contribution in [3.8, 4) is 6.07 Å². The Labute approximate surface area is 116 Å². The molecular formula is C12H13Cl2N3O. The second-order valence-corrected chi connectivity index (χ2v) is 4.88. The van der Waals surface area contributed by atoms with Gasteiger partial charge in [-0.3, -0.25) is 4.79 Å². The highest BCUT2D eigenvalue weighted by atomic mass is 35.5. The number of carbonyl (C=O) groups excluding carboxylic acids is 1. The van der Waals surface area contributed by atoms with Crippen LogP contribution in [0.25, 0.3) is 0 Å². The summed E-state index contributed by atoms with van der Waals surface area (Å²) >= 11 is 11.7. The zero-order valence-corrected chi connectivity index (χ0v) is 11.6. The van der Waals surface area contributed by atoms with E-state index in [4.69, 9.17) is 34.2 Å². The van der Waals surface area contributed by atoms with Crippen LogP contribution in [0.2, 0.25) is 10.0 Å². The lowest BCUT2D eigenvalue weighted by atomic mass is 10.1. The maximum absolute atomic E-state index is 12.1. The van der Waals surface area contributed by atoms with Gasteiger partial charge in [0.25, 0.3) is 5.91 Å². The average Bonchev–Trinajstić information content (AvgIpc) is 2.33. The highest BCUT2D eigenvalue weighted by molar-refractivity contribution is 6.39. The third-order valence-electron chi connectivity index (χ3n) is 2.44. The molecule has 0 saturated heterocycles. The van der Waals surface area contributed by atoms with Gasteiger partial charge in [0, 0.05) is 19.2 Å². The third kappa shape index (κ3) is 3.28. The van der Waals surface area contributed by atoms with Crippen molar-refractivity contribution in [3.05, 3.63) is 27.7 Å². The molecule has 1 rings (SSSR count). The van der Waals surface area contributed by atoms with Crippen molar-refractivity contribution < 1.29 is 4.79 Å². The first-order valence-corrected chi connectivity index (χ1v) is 6.02. The maximum atomic E-state index is 12.1. The van der Waals surface area contributed by atoms with Crippen LogP contribution in [-0.4, -0.2) is 24.4 Å². The molecule has 18 heavy (non-hydrogen) atoms. The van der Waals surface area contributed by atoms with Gasteiger partial charge >= 0.3 is 0 Å². The summed E-state index contributed by atoms with van der Waals surface area (Å²) in [4.78, 5) is 13.5. The Kier molecular flexibility index (Phi) is 4.83. The molecule has 1 amide bonds. The van der Waals surface area contributed by atoms with Crippen LogP contribution >= 0.6 is 23.2 Å². The predicted molar refractivity (Wildman–Crippen MR) is 72.6 cm³/mol. The van der Waals surface area contributed by atoms with Crippen LogP contribution in [0.1, 0.15) is 17.3 Å². The fourth-order valence-electron chi connectivity index (χ4n) is 1.46. The molecule has 1 unspecified atom stereocenters. The molecule has 4 nitrogen and oxygen atoms in total. The molecule has 6 heteroatoms. The Balaban J connectivity index is 2.95. The van der Waals surface area contributed by atoms with Crippen LogP contribution in [0.15, 0.2) is 12.1 Å². The number of nitrogens with zero attached hydrogens (tertiary/aromatic N) is 2. The number of nitrogens with two attached hydrogens (primary N) is 1. The van der Waals surface area contributed by atoms with Gasteiger partial charge in [-0.05, 0) is 19.1 Å². The molecule has 0 radical (unpaired) electrons. The molecule has 2 N–H and O–H groups in total. The molecule has 0 spiro atoms. The summed E-state index contributed by atoms with van der Waals surface area (Å²) in [6.45, 7) is 2.08. The average molecular weight is 286 g/mol. The van der Waals surface area contributed by atoms with Gasteiger partial charge in [-0.25, -0.2) is 0 Å². The molecular weight excluding hydrogens is 273 g/mol. The van der Waals surface area contributed by atoms with E-state index in [-0.39, 0.29) is 27.6 Å². The minimum absolute atomic E-state index is 0.237. The van der Waals surface area contributed by atoms with Crippen molar-refractivity contribution in [2.45, 2.75) is 6.92 Å². The lowest BCUT2D eigenvalue weighted by molar-refractivity contribution is 0.0785. The first kappa shape index (κ1) is 14.6. The van der Waals surface area contributed by atoms with Crippen molar-refractivity contribution in [2.24, 2.45) is 5.92 Å². The van der Waals surface area contributed by atoms with Crippen molar-refractivity contribution >= 4 is 34.8 Å². The second kappa shape index (κ2) is 5.94. The molecule has 0 aliphatic heterocycles. The predicted octanol–water partition coefficient (Wildman–Crippen LogP) is 2.81. The van der Waals surface area contributed by atoms with Gasteiger partial charge in [0.15, 0.2) is 0 Å². The Morgan fingerprint density at radius 1 is 1.50 bits per heavy atom. The zero-order valence-electron chi connectivity index (χ0n) is 10.1. The van der Waals surface area contributed by atoms with Gasteiger partial charge in [-0.2, -0.15) is 5.26 Å². The molecule has 0 fully saturated rings. The molecule has 0 heterocycles. The standard InChI is InChI=1S/C12H13Cl2N3O/c1-7(5-15)6-17(2)12(18)8-3-9(13)11(16)10(14)4-8/h3-4,7H,6,16H2,1-2H3. The molecule has 0 aromatic heterocycles. The first-order chi connectivity index (χ1) is 8.36. The van der Waals surface area contributed by atoms with Gasteiger partial charge in [-0.15, -0.1) is 0 Å². The van der Waals surface area contributed by atoms with Gasteiger partial charge in [-0.1, -0.05) is 23.2 Å². The molecule has 0 aliphatic carbocycles. The quantitative estimate of drug-likeness (QED) is 0.868. The normalized spacial score (nSPS) is 11.7. The van der Waals surface area contributed by atoms with E-state index in [1.54, 1.807) is 14.0 Å². The summed E-state index contributed by atoms with van der Waals surface area (Å²) in [6, 6.07) is 5.01. The minimum atomic E-state index is -0.249. The molecule has 0 saturated carbocycles. The van der Waals surface area contributed by atoms with Crippen molar-refractivity contribution in [2.75, 3.05) is 19.3 Å². The first-order valence-electron chi connectivity index (χ1n) is 5.26. The second-order valence-electron chi connectivity index (χ2n) is 4.07. The Morgan fingerprint density at radius 3 is 2.44 bits per heavy atom. The van der Waals surface area contributed by atoms with E-state index in [0.29, 0.717) is 12.1 Å². The fraction of sp³-hybridized carbons (Fsp3) is 0.333. The van der Waals surface area contributed by atoms with Gasteiger partial charge < -0.3 is 10.6 Å². The van der Waals surface area contributed by atoms with Gasteiger partial charge in [0.2, 0.25) is 0 Å². The van der Waals surface area contributed by atoms with Crippen molar-refractivity contribution in [3.63, 3.8) is 0 Å². The van der Waals surface area contributed by atoms with Crippen LogP contribution < -0.4 is 5.73 Å². The summed E-state index contributed by atoms with van der Waals surface area (Å²) in [5.74, 6) is -0.487. The number of amides is 1. The SMILES string of the molecule is CC(C#N)CN(C)C(=O)c1cc(Cl)c(N)c(Cl)c1. The Hall–Kier alpha value is -1.44. The third-order valence-corrected chi connectivity index (χ3v) is 3.07. The van der Waals surface area contributed by atoms with Crippen LogP contribution in [0.4, 0.5) is 5.69 Å². The highest BCUT2D eigenvalue weighted by Gasteiger charge is 2.16.